The maximum absolute atomic E-state index is 5.82. The predicted octanol–water partition coefficient (Wildman–Crippen LogP) is 2.32. The van der Waals surface area contributed by atoms with Gasteiger partial charge in [-0.05, 0) is 6.26 Å². The molecule has 0 aliphatic heterocycles. The van der Waals surface area contributed by atoms with Gasteiger partial charge in [0.05, 0.1) is 11.2 Å². The van der Waals surface area contributed by atoms with Crippen LogP contribution in [0.4, 0.5) is 5.82 Å². The average Bonchev–Trinajstić information content (AvgIpc) is 2.38. The van der Waals surface area contributed by atoms with Gasteiger partial charge in [-0.3, -0.25) is 4.98 Å². The van der Waals surface area contributed by atoms with Crippen LogP contribution in [0.2, 0.25) is 5.02 Å². The number of anilines is 1. The highest BCUT2D eigenvalue weighted by atomic mass is 35.5. The molecule has 2 heterocycles. The van der Waals surface area contributed by atoms with Crippen LogP contribution in [0.25, 0.3) is 0 Å². The van der Waals surface area contributed by atoms with Gasteiger partial charge in [0.25, 0.3) is 0 Å². The first-order valence-electron chi connectivity index (χ1n) is 4.89. The van der Waals surface area contributed by atoms with Crippen molar-refractivity contribution in [3.63, 3.8) is 0 Å². The topological polar surface area (TPSA) is 86.0 Å². The van der Waals surface area contributed by atoms with Crippen molar-refractivity contribution in [2.45, 2.75) is 5.16 Å². The fourth-order valence-corrected chi connectivity index (χ4v) is 1.73. The van der Waals surface area contributed by atoms with E-state index in [4.69, 9.17) is 22.2 Å². The second kappa shape index (κ2) is 5.85. The van der Waals surface area contributed by atoms with E-state index < -0.39 is 0 Å². The second-order valence-corrected chi connectivity index (χ2v) is 4.37. The van der Waals surface area contributed by atoms with Gasteiger partial charge in [0.1, 0.15) is 11.6 Å². The Bertz CT molecular complexity index is 531. The summed E-state index contributed by atoms with van der Waals surface area (Å²) in [5.41, 5.74) is 2.45. The molecule has 0 saturated carbocycles. The minimum absolute atomic E-state index is 0.367. The van der Waals surface area contributed by atoms with Crippen molar-refractivity contribution in [2.75, 3.05) is 11.7 Å². The molecule has 2 aromatic rings. The highest BCUT2D eigenvalue weighted by molar-refractivity contribution is 7.98. The fraction of sp³-hybridized carbons (Fsp3) is 0.100. The molecule has 8 heteroatoms. The number of aromatic nitrogens is 3. The molecule has 0 atom stereocenters. The Hall–Kier alpha value is -1.57. The highest BCUT2D eigenvalue weighted by Gasteiger charge is 2.06. The second-order valence-electron chi connectivity index (χ2n) is 3.16. The van der Waals surface area contributed by atoms with Crippen LogP contribution in [-0.4, -0.2) is 21.2 Å². The molecule has 0 aliphatic rings. The van der Waals surface area contributed by atoms with Crippen molar-refractivity contribution >= 4 is 29.2 Å². The lowest BCUT2D eigenvalue weighted by Gasteiger charge is -2.07. The van der Waals surface area contributed by atoms with Crippen LogP contribution in [0.15, 0.2) is 29.7 Å². The zero-order valence-electron chi connectivity index (χ0n) is 9.42. The quantitative estimate of drug-likeness (QED) is 0.385. The third kappa shape index (κ3) is 3.22. The molecule has 2 rings (SSSR count). The van der Waals surface area contributed by atoms with Crippen molar-refractivity contribution in [3.8, 4) is 11.6 Å². The van der Waals surface area contributed by atoms with Gasteiger partial charge in [0.2, 0.25) is 5.88 Å². The average molecular weight is 284 g/mol. The molecule has 0 saturated heterocycles. The van der Waals surface area contributed by atoms with Gasteiger partial charge in [-0.15, -0.1) is 0 Å². The van der Waals surface area contributed by atoms with Crippen molar-refractivity contribution in [1.29, 1.82) is 0 Å². The van der Waals surface area contributed by atoms with Crippen LogP contribution < -0.4 is 16.0 Å². The number of nitrogen functional groups attached to an aromatic ring is 1. The lowest BCUT2D eigenvalue weighted by molar-refractivity contribution is 0.454. The lowest BCUT2D eigenvalue weighted by atomic mass is 10.4. The molecule has 0 unspecified atom stereocenters. The van der Waals surface area contributed by atoms with Crippen molar-refractivity contribution < 1.29 is 4.74 Å². The highest BCUT2D eigenvalue weighted by Crippen LogP contribution is 2.24. The summed E-state index contributed by atoms with van der Waals surface area (Å²) < 4.78 is 5.54. The number of hydrogen-bond acceptors (Lipinski definition) is 7. The molecule has 94 valence electrons. The first-order chi connectivity index (χ1) is 8.71. The fourth-order valence-electron chi connectivity index (χ4n) is 1.19. The number of nitrogens with two attached hydrogens (primary N) is 1. The van der Waals surface area contributed by atoms with E-state index in [1.54, 1.807) is 18.3 Å². The van der Waals surface area contributed by atoms with E-state index in [9.17, 15) is 0 Å². The summed E-state index contributed by atoms with van der Waals surface area (Å²) in [4.78, 5) is 12.2. The minimum atomic E-state index is 0.367. The van der Waals surface area contributed by atoms with Gasteiger partial charge in [-0.25, -0.2) is 10.8 Å². The Balaban J connectivity index is 2.28. The minimum Gasteiger partial charge on any atom is -0.437 e. The van der Waals surface area contributed by atoms with Gasteiger partial charge in [-0.2, -0.15) is 4.98 Å². The number of hydrazine groups is 1. The maximum Gasteiger partial charge on any atom is 0.225 e. The number of ether oxygens (including phenoxy) is 1. The van der Waals surface area contributed by atoms with Crippen LogP contribution in [0.5, 0.6) is 11.6 Å². The normalized spacial score (nSPS) is 10.2. The Morgan fingerprint density at radius 2 is 2.17 bits per heavy atom. The van der Waals surface area contributed by atoms with Crippen molar-refractivity contribution in [3.05, 3.63) is 29.5 Å². The van der Waals surface area contributed by atoms with E-state index in [2.05, 4.69) is 20.4 Å². The van der Waals surface area contributed by atoms with Gasteiger partial charge < -0.3 is 10.2 Å². The third-order valence-electron chi connectivity index (χ3n) is 1.91. The molecule has 0 spiro atoms. The zero-order chi connectivity index (χ0) is 13.0. The summed E-state index contributed by atoms with van der Waals surface area (Å²) >= 11 is 7.20. The largest absolute Gasteiger partial charge is 0.437 e. The SMILES string of the molecule is CSc1nc(NN)cc(Oc2cncc(Cl)c2)n1. The summed E-state index contributed by atoms with van der Waals surface area (Å²) in [7, 11) is 0. The van der Waals surface area contributed by atoms with Crippen LogP contribution >= 0.6 is 23.4 Å². The molecule has 0 aromatic carbocycles. The van der Waals surface area contributed by atoms with Gasteiger partial charge >= 0.3 is 0 Å². The lowest BCUT2D eigenvalue weighted by Crippen LogP contribution is -2.09. The monoisotopic (exact) mass is 283 g/mol. The summed E-state index contributed by atoms with van der Waals surface area (Å²) in [6.07, 6.45) is 4.93. The van der Waals surface area contributed by atoms with E-state index in [0.717, 1.165) is 0 Å². The predicted molar refractivity (Wildman–Crippen MR) is 70.9 cm³/mol. The van der Waals surface area contributed by atoms with Crippen molar-refractivity contribution in [1.82, 2.24) is 15.0 Å². The number of nitrogens with zero attached hydrogens (tertiary/aromatic N) is 3. The number of thioether (sulfide) groups is 1. The number of nitrogens with one attached hydrogen (secondary N) is 1. The molecule has 6 nitrogen and oxygen atoms in total. The van der Waals surface area contributed by atoms with Crippen LogP contribution in [0.1, 0.15) is 0 Å². The van der Waals surface area contributed by atoms with E-state index in [-0.39, 0.29) is 0 Å². The number of halogens is 1. The number of pyridine rings is 1. The molecule has 0 amide bonds. The van der Waals surface area contributed by atoms with Crippen LogP contribution in [0, 0.1) is 0 Å². The molecular formula is C10H10ClN5OS. The Labute approximate surface area is 113 Å². The van der Waals surface area contributed by atoms with E-state index in [1.165, 1.54) is 18.0 Å². The van der Waals surface area contributed by atoms with E-state index in [0.29, 0.717) is 27.6 Å². The Morgan fingerprint density at radius 1 is 1.33 bits per heavy atom. The van der Waals surface area contributed by atoms with E-state index >= 15 is 0 Å². The summed E-state index contributed by atoms with van der Waals surface area (Å²) in [5.74, 6) is 6.66. The first-order valence-corrected chi connectivity index (χ1v) is 6.49. The molecule has 0 aliphatic carbocycles. The number of hydrogen-bond donors (Lipinski definition) is 2. The van der Waals surface area contributed by atoms with Crippen molar-refractivity contribution in [2.24, 2.45) is 5.84 Å². The number of rotatable bonds is 4. The molecule has 0 fully saturated rings. The van der Waals surface area contributed by atoms with E-state index in [1.807, 2.05) is 6.26 Å². The maximum atomic E-state index is 5.82. The molecule has 0 bridgehead atoms. The third-order valence-corrected chi connectivity index (χ3v) is 2.67. The molecule has 18 heavy (non-hydrogen) atoms. The summed E-state index contributed by atoms with van der Waals surface area (Å²) in [6, 6.07) is 3.23. The van der Waals surface area contributed by atoms with Crippen LogP contribution in [0.3, 0.4) is 0 Å². The molecule has 3 N–H and O–H groups in total. The summed E-state index contributed by atoms with van der Waals surface area (Å²) in [6.45, 7) is 0. The first kappa shape index (κ1) is 12.9. The van der Waals surface area contributed by atoms with Gasteiger partial charge in [0.15, 0.2) is 5.16 Å². The smallest absolute Gasteiger partial charge is 0.225 e. The van der Waals surface area contributed by atoms with Crippen LogP contribution in [-0.2, 0) is 0 Å². The Morgan fingerprint density at radius 3 is 2.83 bits per heavy atom. The molecular weight excluding hydrogens is 274 g/mol. The summed E-state index contributed by atoms with van der Waals surface area (Å²) in [5, 5.41) is 1.04. The molecule has 2 aromatic heterocycles. The zero-order valence-corrected chi connectivity index (χ0v) is 11.0. The molecule has 0 radical (unpaired) electrons. The van der Waals surface area contributed by atoms with Gasteiger partial charge in [0, 0.05) is 18.3 Å². The Kier molecular flexibility index (Phi) is 4.19. The van der Waals surface area contributed by atoms with Gasteiger partial charge in [-0.1, -0.05) is 23.4 Å². The standard InChI is InChI=1S/C10H10ClN5OS/c1-18-10-14-8(16-12)3-9(15-10)17-7-2-6(11)4-13-5-7/h2-5H,12H2,1H3,(H,14,15,16).